The van der Waals surface area contributed by atoms with E-state index in [1.165, 1.54) is 12.1 Å². The van der Waals surface area contributed by atoms with Crippen molar-refractivity contribution < 1.29 is 26.3 Å². The van der Waals surface area contributed by atoms with Crippen LogP contribution in [0.3, 0.4) is 0 Å². The van der Waals surface area contributed by atoms with Crippen LogP contribution in [0.25, 0.3) is 22.3 Å². The standard InChI is InChI=1S/C50H38F6N2/c1-47(2)37-13-5-9-17-43(37)57(44-18-10-6-14-38(44)47)41-27-25-33(49(51,52)53)29-35(41)31-21-23-32(24-22-31)36-30-34(50(54,55)56)26-28-42(36)58-45-19-11-7-15-39(45)48(3,4)40-16-8-12-20-46(40)58/h5-30H,1-4H3. The summed E-state index contributed by atoms with van der Waals surface area (Å²) < 4.78 is 86.6. The first-order chi connectivity index (χ1) is 27.6. The van der Waals surface area contributed by atoms with Crippen LogP contribution < -0.4 is 9.80 Å². The Hall–Kier alpha value is -6.28. The van der Waals surface area contributed by atoms with E-state index in [-0.39, 0.29) is 10.8 Å². The zero-order valence-electron chi connectivity index (χ0n) is 32.2. The molecule has 0 saturated heterocycles. The average Bonchev–Trinajstić information content (AvgIpc) is 3.21. The SMILES string of the molecule is CC1(C)c2ccccc2N(c2ccc(C(F)(F)F)cc2-c2ccc(-c3cc(C(F)(F)F)ccc3N3c4ccccc4C(C)(C)c4ccccc43)cc2)c2ccccc21. The van der Waals surface area contributed by atoms with Crippen LogP contribution in [0, 0.1) is 0 Å². The van der Waals surface area contributed by atoms with E-state index in [9.17, 15) is 26.3 Å². The van der Waals surface area contributed by atoms with Crippen molar-refractivity contribution in [3.63, 3.8) is 0 Å². The summed E-state index contributed by atoms with van der Waals surface area (Å²) in [5, 5.41) is 0. The minimum atomic E-state index is -4.62. The first-order valence-electron chi connectivity index (χ1n) is 19.1. The predicted octanol–water partition coefficient (Wildman–Crippen LogP) is 15.3. The second kappa shape index (κ2) is 13.1. The van der Waals surface area contributed by atoms with Crippen LogP contribution in [0.1, 0.15) is 61.1 Å². The van der Waals surface area contributed by atoms with E-state index < -0.39 is 23.5 Å². The van der Waals surface area contributed by atoms with Gasteiger partial charge in [-0.25, -0.2) is 0 Å². The fraction of sp³-hybridized carbons (Fsp3) is 0.160. The molecule has 8 heteroatoms. The first-order valence-corrected chi connectivity index (χ1v) is 19.1. The largest absolute Gasteiger partial charge is 0.416 e. The summed E-state index contributed by atoms with van der Waals surface area (Å²) in [5.74, 6) is 0. The third-order valence-electron chi connectivity index (χ3n) is 11.9. The van der Waals surface area contributed by atoms with Gasteiger partial charge in [0.15, 0.2) is 0 Å². The summed E-state index contributed by atoms with van der Waals surface area (Å²) in [4.78, 5) is 4.02. The maximum atomic E-state index is 14.4. The zero-order chi connectivity index (χ0) is 40.8. The highest BCUT2D eigenvalue weighted by Gasteiger charge is 2.40. The van der Waals surface area contributed by atoms with E-state index in [0.717, 1.165) is 69.3 Å². The fourth-order valence-electron chi connectivity index (χ4n) is 8.96. The molecule has 2 aliphatic rings. The molecule has 290 valence electrons. The highest BCUT2D eigenvalue weighted by atomic mass is 19.4. The second-order valence-corrected chi connectivity index (χ2v) is 16.0. The molecule has 2 heterocycles. The van der Waals surface area contributed by atoms with Gasteiger partial charge in [-0.15, -0.1) is 0 Å². The molecule has 0 saturated carbocycles. The summed E-state index contributed by atoms with van der Waals surface area (Å²) in [7, 11) is 0. The molecule has 0 amide bonds. The van der Waals surface area contributed by atoms with E-state index in [0.29, 0.717) is 33.6 Å². The van der Waals surface area contributed by atoms with Crippen molar-refractivity contribution in [3.8, 4) is 22.3 Å². The van der Waals surface area contributed by atoms with Gasteiger partial charge in [0.05, 0.1) is 45.3 Å². The molecule has 0 fully saturated rings. The van der Waals surface area contributed by atoms with Crippen LogP contribution in [0.5, 0.6) is 0 Å². The van der Waals surface area contributed by atoms with Gasteiger partial charge in [-0.1, -0.05) is 125 Å². The lowest BCUT2D eigenvalue weighted by Crippen LogP contribution is -2.30. The number of hydrogen-bond acceptors (Lipinski definition) is 2. The highest BCUT2D eigenvalue weighted by Crippen LogP contribution is 2.56. The number of halogens is 6. The number of benzene rings is 7. The van der Waals surface area contributed by atoms with Gasteiger partial charge in [0.25, 0.3) is 0 Å². The van der Waals surface area contributed by atoms with Gasteiger partial charge in [-0.2, -0.15) is 26.3 Å². The van der Waals surface area contributed by atoms with Gasteiger partial charge in [0.1, 0.15) is 0 Å². The number of anilines is 6. The average molecular weight is 781 g/mol. The lowest BCUT2D eigenvalue weighted by molar-refractivity contribution is -0.138. The Morgan fingerprint density at radius 3 is 0.897 bits per heavy atom. The van der Waals surface area contributed by atoms with Crippen molar-refractivity contribution in [1.82, 2.24) is 0 Å². The summed E-state index contributed by atoms with van der Waals surface area (Å²) >= 11 is 0. The van der Waals surface area contributed by atoms with Crippen molar-refractivity contribution in [2.24, 2.45) is 0 Å². The van der Waals surface area contributed by atoms with Crippen LogP contribution in [0.4, 0.5) is 60.5 Å². The second-order valence-electron chi connectivity index (χ2n) is 16.0. The third-order valence-corrected chi connectivity index (χ3v) is 11.9. The Kier molecular flexibility index (Phi) is 8.45. The topological polar surface area (TPSA) is 6.48 Å². The van der Waals surface area contributed by atoms with Crippen LogP contribution in [-0.4, -0.2) is 0 Å². The van der Waals surface area contributed by atoms with Crippen molar-refractivity contribution in [2.75, 3.05) is 9.80 Å². The molecular formula is C50H38F6N2. The number of alkyl halides is 6. The van der Waals surface area contributed by atoms with Gasteiger partial charge in [-0.05, 0) is 94.0 Å². The van der Waals surface area contributed by atoms with Crippen LogP contribution in [-0.2, 0) is 23.2 Å². The predicted molar refractivity (Wildman–Crippen MR) is 221 cm³/mol. The summed E-state index contributed by atoms with van der Waals surface area (Å²) in [6.07, 6.45) is -9.23. The molecule has 0 bridgehead atoms. The number of rotatable bonds is 4. The van der Waals surface area contributed by atoms with Gasteiger partial charge >= 0.3 is 12.4 Å². The van der Waals surface area contributed by atoms with Crippen LogP contribution in [0.15, 0.2) is 158 Å². The van der Waals surface area contributed by atoms with Crippen LogP contribution in [0.2, 0.25) is 0 Å². The zero-order valence-corrected chi connectivity index (χ0v) is 32.2. The molecular weight excluding hydrogens is 743 g/mol. The fourth-order valence-corrected chi connectivity index (χ4v) is 8.96. The summed E-state index contributed by atoms with van der Waals surface area (Å²) in [5.41, 5.74) is 7.82. The molecule has 2 aliphatic heterocycles. The summed E-state index contributed by atoms with van der Waals surface area (Å²) in [6.45, 7) is 8.55. The van der Waals surface area contributed by atoms with Gasteiger partial charge in [0.2, 0.25) is 0 Å². The quantitative estimate of drug-likeness (QED) is 0.164. The molecule has 0 unspecified atom stereocenters. The van der Waals surface area contributed by atoms with Gasteiger partial charge in [-0.3, -0.25) is 0 Å². The van der Waals surface area contributed by atoms with Gasteiger partial charge < -0.3 is 9.80 Å². The monoisotopic (exact) mass is 780 g/mol. The maximum absolute atomic E-state index is 14.4. The first kappa shape index (κ1) is 37.3. The molecule has 0 aromatic heterocycles. The minimum absolute atomic E-state index is 0.330. The van der Waals surface area contributed by atoms with E-state index in [2.05, 4.69) is 27.7 Å². The highest BCUT2D eigenvalue weighted by molar-refractivity contribution is 5.95. The molecule has 0 atom stereocenters. The number of fused-ring (bicyclic) bond motifs is 4. The molecule has 7 aromatic rings. The minimum Gasteiger partial charge on any atom is -0.309 e. The van der Waals surface area contributed by atoms with Crippen LogP contribution >= 0.6 is 0 Å². The smallest absolute Gasteiger partial charge is 0.309 e. The Balaban J connectivity index is 1.23. The van der Waals surface area contributed by atoms with Crippen molar-refractivity contribution in [1.29, 1.82) is 0 Å². The van der Waals surface area contributed by atoms with E-state index in [1.54, 1.807) is 24.3 Å². The van der Waals surface area contributed by atoms with Gasteiger partial charge in [0, 0.05) is 22.0 Å². The Bertz CT molecular complexity index is 2440. The lowest BCUT2D eigenvalue weighted by Gasteiger charge is -2.42. The third kappa shape index (κ3) is 5.88. The number of hydrogen-bond donors (Lipinski definition) is 0. The molecule has 0 N–H and O–H groups in total. The number of nitrogens with zero attached hydrogens (tertiary/aromatic N) is 2. The van der Waals surface area contributed by atoms with Crippen molar-refractivity contribution >= 4 is 34.1 Å². The Morgan fingerprint density at radius 1 is 0.345 bits per heavy atom. The molecule has 58 heavy (non-hydrogen) atoms. The van der Waals surface area contributed by atoms with Crippen molar-refractivity contribution in [2.45, 2.75) is 50.9 Å². The van der Waals surface area contributed by atoms with E-state index in [1.807, 2.05) is 107 Å². The molecule has 0 radical (unpaired) electrons. The molecule has 0 aliphatic carbocycles. The molecule has 0 spiro atoms. The molecule has 2 nitrogen and oxygen atoms in total. The molecule has 9 rings (SSSR count). The maximum Gasteiger partial charge on any atom is 0.416 e. The number of para-hydroxylation sites is 4. The summed E-state index contributed by atoms with van der Waals surface area (Å²) in [6, 6.07) is 45.9. The van der Waals surface area contributed by atoms with E-state index in [4.69, 9.17) is 0 Å². The Labute approximate surface area is 333 Å². The van der Waals surface area contributed by atoms with E-state index >= 15 is 0 Å². The normalized spacial score (nSPS) is 15.3. The Morgan fingerprint density at radius 2 is 0.621 bits per heavy atom. The van der Waals surface area contributed by atoms with Crippen molar-refractivity contribution in [3.05, 3.63) is 191 Å². The lowest BCUT2D eigenvalue weighted by atomic mass is 9.73. The molecule has 7 aromatic carbocycles.